The largest absolute Gasteiger partial charge is 0.465 e. The first-order chi connectivity index (χ1) is 9.96. The van der Waals surface area contributed by atoms with Gasteiger partial charge in [0.25, 0.3) is 0 Å². The highest BCUT2D eigenvalue weighted by Crippen LogP contribution is 2.28. The van der Waals surface area contributed by atoms with E-state index in [1.807, 2.05) is 6.92 Å². The number of amides is 1. The molecule has 0 saturated heterocycles. The van der Waals surface area contributed by atoms with Crippen LogP contribution in [0.5, 0.6) is 0 Å². The highest BCUT2D eigenvalue weighted by Gasteiger charge is 2.35. The van der Waals surface area contributed by atoms with E-state index in [1.165, 1.54) is 7.11 Å². The summed E-state index contributed by atoms with van der Waals surface area (Å²) in [5.41, 5.74) is 7.33. The summed E-state index contributed by atoms with van der Waals surface area (Å²) in [6, 6.07) is 5.09. The number of nitrogens with one attached hydrogen (secondary N) is 1. The zero-order chi connectivity index (χ0) is 15.5. The molecule has 1 aliphatic carbocycles. The standard InChI is InChI=1S/C16H22N2O3/c1-11-6-7-12(14(19)21-2)10-13(11)18-15(20)16(17)8-4-3-5-9-16/h6-7,10H,3-5,8-9,17H2,1-2H3,(H,18,20). The van der Waals surface area contributed by atoms with E-state index in [1.54, 1.807) is 18.2 Å². The summed E-state index contributed by atoms with van der Waals surface area (Å²) in [7, 11) is 1.33. The van der Waals surface area contributed by atoms with Crippen molar-refractivity contribution in [2.45, 2.75) is 44.6 Å². The van der Waals surface area contributed by atoms with E-state index in [0.717, 1.165) is 24.8 Å². The first-order valence-corrected chi connectivity index (χ1v) is 7.25. The topological polar surface area (TPSA) is 81.4 Å². The molecule has 5 heteroatoms. The second-order valence-electron chi connectivity index (χ2n) is 5.69. The fourth-order valence-electron chi connectivity index (χ4n) is 2.66. The Hall–Kier alpha value is -1.88. The van der Waals surface area contributed by atoms with Crippen LogP contribution >= 0.6 is 0 Å². The fourth-order valence-corrected chi connectivity index (χ4v) is 2.66. The van der Waals surface area contributed by atoms with Gasteiger partial charge in [0.05, 0.1) is 18.2 Å². The lowest BCUT2D eigenvalue weighted by molar-refractivity contribution is -0.122. The number of anilines is 1. The number of esters is 1. The summed E-state index contributed by atoms with van der Waals surface area (Å²) in [5, 5.41) is 2.87. The van der Waals surface area contributed by atoms with E-state index in [4.69, 9.17) is 10.5 Å². The van der Waals surface area contributed by atoms with Gasteiger partial charge >= 0.3 is 5.97 Å². The van der Waals surface area contributed by atoms with Crippen molar-refractivity contribution < 1.29 is 14.3 Å². The van der Waals surface area contributed by atoms with Crippen LogP contribution < -0.4 is 11.1 Å². The van der Waals surface area contributed by atoms with Gasteiger partial charge in [0.2, 0.25) is 5.91 Å². The number of methoxy groups -OCH3 is 1. The minimum Gasteiger partial charge on any atom is -0.465 e. The molecule has 0 radical (unpaired) electrons. The summed E-state index contributed by atoms with van der Waals surface area (Å²) in [6.45, 7) is 1.88. The van der Waals surface area contributed by atoms with Crippen LogP contribution in [0.2, 0.25) is 0 Å². The van der Waals surface area contributed by atoms with Crippen LogP contribution in [-0.2, 0) is 9.53 Å². The van der Waals surface area contributed by atoms with Gasteiger partial charge in [-0.1, -0.05) is 25.3 Å². The number of ether oxygens (including phenoxy) is 1. The van der Waals surface area contributed by atoms with Gasteiger partial charge < -0.3 is 15.8 Å². The maximum Gasteiger partial charge on any atom is 0.337 e. The van der Waals surface area contributed by atoms with Crippen LogP contribution in [0.4, 0.5) is 5.69 Å². The van der Waals surface area contributed by atoms with Gasteiger partial charge in [-0.15, -0.1) is 0 Å². The zero-order valence-electron chi connectivity index (χ0n) is 12.6. The second-order valence-corrected chi connectivity index (χ2v) is 5.69. The smallest absolute Gasteiger partial charge is 0.337 e. The van der Waals surface area contributed by atoms with Gasteiger partial charge in [-0.2, -0.15) is 0 Å². The molecule has 2 rings (SSSR count). The summed E-state index contributed by atoms with van der Waals surface area (Å²) in [4.78, 5) is 24.0. The van der Waals surface area contributed by atoms with Gasteiger partial charge in [0, 0.05) is 5.69 Å². The van der Waals surface area contributed by atoms with Crippen LogP contribution in [0.15, 0.2) is 18.2 Å². The Kier molecular flexibility index (Phi) is 4.63. The van der Waals surface area contributed by atoms with Crippen LogP contribution in [0.3, 0.4) is 0 Å². The van der Waals surface area contributed by atoms with Crippen LogP contribution in [-0.4, -0.2) is 24.5 Å². The molecular formula is C16H22N2O3. The molecule has 0 spiro atoms. The Morgan fingerprint density at radius 2 is 1.90 bits per heavy atom. The van der Waals surface area contributed by atoms with Crippen molar-refractivity contribution in [2.24, 2.45) is 5.73 Å². The monoisotopic (exact) mass is 290 g/mol. The SMILES string of the molecule is COC(=O)c1ccc(C)c(NC(=O)C2(N)CCCCC2)c1. The minimum absolute atomic E-state index is 0.174. The Labute approximate surface area is 124 Å². The summed E-state index contributed by atoms with van der Waals surface area (Å²) in [6.07, 6.45) is 4.49. The first kappa shape index (κ1) is 15.5. The lowest BCUT2D eigenvalue weighted by Crippen LogP contribution is -2.52. The average molecular weight is 290 g/mol. The molecule has 1 aliphatic rings. The molecule has 114 valence electrons. The third kappa shape index (κ3) is 3.42. The quantitative estimate of drug-likeness (QED) is 0.837. The van der Waals surface area contributed by atoms with Gasteiger partial charge in [0.15, 0.2) is 0 Å². The summed E-state index contributed by atoms with van der Waals surface area (Å²) >= 11 is 0. The van der Waals surface area contributed by atoms with E-state index in [-0.39, 0.29) is 5.91 Å². The lowest BCUT2D eigenvalue weighted by atomic mass is 9.82. The van der Waals surface area contributed by atoms with Crippen molar-refractivity contribution in [1.82, 2.24) is 0 Å². The van der Waals surface area contributed by atoms with Crippen molar-refractivity contribution in [3.05, 3.63) is 29.3 Å². The van der Waals surface area contributed by atoms with E-state index >= 15 is 0 Å². The molecule has 0 unspecified atom stereocenters. The highest BCUT2D eigenvalue weighted by atomic mass is 16.5. The third-order valence-corrected chi connectivity index (χ3v) is 4.10. The van der Waals surface area contributed by atoms with E-state index in [9.17, 15) is 9.59 Å². The molecule has 0 heterocycles. The molecule has 3 N–H and O–H groups in total. The Balaban J connectivity index is 2.18. The average Bonchev–Trinajstić information content (AvgIpc) is 2.49. The van der Waals surface area contributed by atoms with Crippen molar-refractivity contribution in [3.63, 3.8) is 0 Å². The molecule has 1 amide bonds. The van der Waals surface area contributed by atoms with Crippen LogP contribution in [0.25, 0.3) is 0 Å². The fraction of sp³-hybridized carbons (Fsp3) is 0.500. The zero-order valence-corrected chi connectivity index (χ0v) is 12.6. The molecule has 0 aliphatic heterocycles. The molecule has 5 nitrogen and oxygen atoms in total. The first-order valence-electron chi connectivity index (χ1n) is 7.25. The Bertz CT molecular complexity index is 548. The molecule has 0 atom stereocenters. The predicted molar refractivity (Wildman–Crippen MR) is 81.2 cm³/mol. The Morgan fingerprint density at radius 1 is 1.24 bits per heavy atom. The second kappa shape index (κ2) is 6.26. The summed E-state index contributed by atoms with van der Waals surface area (Å²) in [5.74, 6) is -0.599. The summed E-state index contributed by atoms with van der Waals surface area (Å²) < 4.78 is 4.70. The highest BCUT2D eigenvalue weighted by molar-refractivity contribution is 6.00. The number of rotatable bonds is 3. The van der Waals surface area contributed by atoms with Crippen LogP contribution in [0, 0.1) is 6.92 Å². The predicted octanol–water partition coefficient (Wildman–Crippen LogP) is 2.38. The van der Waals surface area contributed by atoms with Gasteiger partial charge in [-0.25, -0.2) is 4.79 Å². The number of benzene rings is 1. The normalized spacial score (nSPS) is 17.1. The van der Waals surface area contributed by atoms with Crippen LogP contribution in [0.1, 0.15) is 48.0 Å². The third-order valence-electron chi connectivity index (χ3n) is 4.10. The number of hydrogen-bond acceptors (Lipinski definition) is 4. The molecule has 1 aromatic rings. The van der Waals surface area contributed by atoms with Crippen molar-refractivity contribution in [1.29, 1.82) is 0 Å². The number of carbonyl (C=O) groups is 2. The molecule has 1 fully saturated rings. The molecule has 1 saturated carbocycles. The maximum absolute atomic E-state index is 12.4. The lowest BCUT2D eigenvalue weighted by Gasteiger charge is -2.32. The number of hydrogen-bond donors (Lipinski definition) is 2. The van der Waals surface area contributed by atoms with Crippen molar-refractivity contribution in [3.8, 4) is 0 Å². The van der Waals surface area contributed by atoms with Gasteiger partial charge in [-0.3, -0.25) is 4.79 Å². The number of carbonyl (C=O) groups excluding carboxylic acids is 2. The van der Waals surface area contributed by atoms with E-state index in [2.05, 4.69) is 5.32 Å². The van der Waals surface area contributed by atoms with Crippen molar-refractivity contribution in [2.75, 3.05) is 12.4 Å². The molecular weight excluding hydrogens is 268 g/mol. The van der Waals surface area contributed by atoms with Crippen molar-refractivity contribution >= 4 is 17.6 Å². The minimum atomic E-state index is -0.800. The van der Waals surface area contributed by atoms with E-state index in [0.29, 0.717) is 24.1 Å². The maximum atomic E-state index is 12.4. The van der Waals surface area contributed by atoms with Gasteiger partial charge in [0.1, 0.15) is 0 Å². The molecule has 0 aromatic heterocycles. The Morgan fingerprint density at radius 3 is 2.52 bits per heavy atom. The molecule has 21 heavy (non-hydrogen) atoms. The molecule has 0 bridgehead atoms. The molecule has 1 aromatic carbocycles. The number of aryl methyl sites for hydroxylation is 1. The van der Waals surface area contributed by atoms with Gasteiger partial charge in [-0.05, 0) is 37.5 Å². The number of nitrogens with two attached hydrogens (primary N) is 1. The van der Waals surface area contributed by atoms with E-state index < -0.39 is 11.5 Å².